The van der Waals surface area contributed by atoms with Crippen molar-refractivity contribution in [2.45, 2.75) is 25.3 Å². The van der Waals surface area contributed by atoms with Gasteiger partial charge in [-0.1, -0.05) is 29.8 Å². The summed E-state index contributed by atoms with van der Waals surface area (Å²) in [6, 6.07) is 10.1. The first kappa shape index (κ1) is 17.6. The van der Waals surface area contributed by atoms with Crippen LogP contribution in [-0.2, 0) is 9.59 Å². The highest BCUT2D eigenvalue weighted by atomic mass is 35.5. The molecule has 0 radical (unpaired) electrons. The van der Waals surface area contributed by atoms with Crippen LogP contribution in [0.15, 0.2) is 41.8 Å². The van der Waals surface area contributed by atoms with Crippen molar-refractivity contribution in [3.8, 4) is 0 Å². The third-order valence-corrected chi connectivity index (χ3v) is 5.29. The molecule has 0 saturated carbocycles. The SMILES string of the molecule is O=C(CCC(=O)c1cccs1)N[C@@H]1CCN(c2ccccc2Cl)C1=O. The van der Waals surface area contributed by atoms with Gasteiger partial charge in [0.05, 0.1) is 15.6 Å². The summed E-state index contributed by atoms with van der Waals surface area (Å²) in [5.41, 5.74) is 0.652. The molecule has 0 bridgehead atoms. The largest absolute Gasteiger partial charge is 0.344 e. The Morgan fingerprint density at radius 3 is 2.72 bits per heavy atom. The van der Waals surface area contributed by atoms with Crippen molar-refractivity contribution in [3.63, 3.8) is 0 Å². The average Bonchev–Trinajstić information content (AvgIpc) is 3.25. The number of nitrogens with one attached hydrogen (secondary N) is 1. The minimum Gasteiger partial charge on any atom is -0.344 e. The molecule has 3 rings (SSSR count). The Hall–Kier alpha value is -2.18. The molecular weight excluding hydrogens is 360 g/mol. The minimum atomic E-state index is -0.569. The highest BCUT2D eigenvalue weighted by molar-refractivity contribution is 7.12. The Morgan fingerprint density at radius 2 is 2.00 bits per heavy atom. The number of anilines is 1. The molecule has 5 nitrogen and oxygen atoms in total. The first-order chi connectivity index (χ1) is 12.1. The molecule has 2 heterocycles. The quantitative estimate of drug-likeness (QED) is 0.787. The van der Waals surface area contributed by atoms with Crippen LogP contribution in [0, 0.1) is 0 Å². The number of Topliss-reactive ketones (excluding diaryl/α,β-unsaturated/α-hetero) is 1. The summed E-state index contributed by atoms with van der Waals surface area (Å²) in [5, 5.41) is 5.06. The van der Waals surface area contributed by atoms with Crippen molar-refractivity contribution in [1.82, 2.24) is 5.32 Å². The van der Waals surface area contributed by atoms with Crippen LogP contribution >= 0.6 is 22.9 Å². The van der Waals surface area contributed by atoms with Gasteiger partial charge in [0.25, 0.3) is 0 Å². The summed E-state index contributed by atoms with van der Waals surface area (Å²) >= 11 is 7.50. The molecule has 1 aromatic heterocycles. The van der Waals surface area contributed by atoms with Crippen molar-refractivity contribution in [1.29, 1.82) is 0 Å². The molecule has 1 fully saturated rings. The lowest BCUT2D eigenvalue weighted by Gasteiger charge is -2.18. The number of nitrogens with zero attached hydrogens (tertiary/aromatic N) is 1. The van der Waals surface area contributed by atoms with E-state index in [1.807, 2.05) is 11.4 Å². The third kappa shape index (κ3) is 4.08. The van der Waals surface area contributed by atoms with E-state index >= 15 is 0 Å². The Kier molecular flexibility index (Phi) is 5.50. The molecule has 0 spiro atoms. The Labute approximate surface area is 154 Å². The van der Waals surface area contributed by atoms with Crippen molar-refractivity contribution >= 4 is 46.2 Å². The van der Waals surface area contributed by atoms with Gasteiger partial charge in [0, 0.05) is 19.4 Å². The van der Waals surface area contributed by atoms with Crippen molar-refractivity contribution in [3.05, 3.63) is 51.7 Å². The van der Waals surface area contributed by atoms with Gasteiger partial charge in [0.2, 0.25) is 11.8 Å². The van der Waals surface area contributed by atoms with Gasteiger partial charge >= 0.3 is 0 Å². The maximum Gasteiger partial charge on any atom is 0.249 e. The van der Waals surface area contributed by atoms with Crippen LogP contribution in [0.2, 0.25) is 5.02 Å². The summed E-state index contributed by atoms with van der Waals surface area (Å²) < 4.78 is 0. The zero-order valence-corrected chi connectivity index (χ0v) is 15.0. The standard InChI is InChI=1S/C18H17ClN2O3S/c19-12-4-1-2-5-14(12)21-10-9-13(18(21)24)20-17(23)8-7-15(22)16-6-3-11-25-16/h1-6,11,13H,7-10H2,(H,20,23)/t13-/m1/s1. The zero-order valence-electron chi connectivity index (χ0n) is 13.4. The molecule has 1 saturated heterocycles. The van der Waals surface area contributed by atoms with Crippen LogP contribution in [-0.4, -0.2) is 30.2 Å². The molecule has 0 unspecified atom stereocenters. The molecule has 25 heavy (non-hydrogen) atoms. The molecule has 7 heteroatoms. The summed E-state index contributed by atoms with van der Waals surface area (Å²) in [5.74, 6) is -0.518. The van der Waals surface area contributed by atoms with Crippen LogP contribution in [0.25, 0.3) is 0 Å². The van der Waals surface area contributed by atoms with Gasteiger partial charge in [-0.05, 0) is 30.0 Å². The number of carbonyl (C=O) groups is 3. The van der Waals surface area contributed by atoms with E-state index in [2.05, 4.69) is 5.32 Å². The molecule has 1 aliphatic rings. The monoisotopic (exact) mass is 376 g/mol. The Bertz CT molecular complexity index is 791. The van der Waals surface area contributed by atoms with Crippen LogP contribution in [0.3, 0.4) is 0 Å². The first-order valence-corrected chi connectivity index (χ1v) is 9.24. The molecule has 1 N–H and O–H groups in total. The molecule has 2 amide bonds. The maximum absolute atomic E-state index is 12.5. The van der Waals surface area contributed by atoms with E-state index in [1.54, 1.807) is 35.2 Å². The smallest absolute Gasteiger partial charge is 0.249 e. The fraction of sp³-hybridized carbons (Fsp3) is 0.278. The number of para-hydroxylation sites is 1. The molecule has 1 aliphatic heterocycles. The van der Waals surface area contributed by atoms with Gasteiger partial charge in [0.1, 0.15) is 6.04 Å². The van der Waals surface area contributed by atoms with Gasteiger partial charge in [-0.25, -0.2) is 0 Å². The van der Waals surface area contributed by atoms with E-state index in [0.29, 0.717) is 28.6 Å². The van der Waals surface area contributed by atoms with Gasteiger partial charge < -0.3 is 10.2 Å². The second kappa shape index (κ2) is 7.80. The highest BCUT2D eigenvalue weighted by Gasteiger charge is 2.34. The number of hydrogen-bond donors (Lipinski definition) is 1. The molecule has 1 aromatic carbocycles. The van der Waals surface area contributed by atoms with Gasteiger partial charge in [-0.3, -0.25) is 14.4 Å². The number of benzene rings is 1. The number of halogens is 1. The second-order valence-electron chi connectivity index (χ2n) is 5.75. The lowest BCUT2D eigenvalue weighted by Crippen LogP contribution is -2.41. The number of carbonyl (C=O) groups excluding carboxylic acids is 3. The summed E-state index contributed by atoms with van der Waals surface area (Å²) in [6.07, 6.45) is 0.739. The summed E-state index contributed by atoms with van der Waals surface area (Å²) in [7, 11) is 0. The molecule has 1 atom stereocenters. The molecule has 0 aliphatic carbocycles. The summed E-state index contributed by atoms with van der Waals surface area (Å²) in [4.78, 5) is 38.7. The van der Waals surface area contributed by atoms with Gasteiger partial charge in [-0.15, -0.1) is 11.3 Å². The van der Waals surface area contributed by atoms with E-state index in [4.69, 9.17) is 11.6 Å². The minimum absolute atomic E-state index is 0.0550. The van der Waals surface area contributed by atoms with Gasteiger partial charge in [0.15, 0.2) is 5.78 Å². The number of amides is 2. The second-order valence-corrected chi connectivity index (χ2v) is 7.11. The molecule has 130 valence electrons. The zero-order chi connectivity index (χ0) is 17.8. The van der Waals surface area contributed by atoms with Crippen molar-refractivity contribution < 1.29 is 14.4 Å². The van der Waals surface area contributed by atoms with E-state index in [9.17, 15) is 14.4 Å². The Morgan fingerprint density at radius 1 is 1.20 bits per heavy atom. The lowest BCUT2D eigenvalue weighted by atomic mass is 10.1. The Balaban J connectivity index is 1.53. The van der Waals surface area contributed by atoms with Crippen LogP contribution in [0.1, 0.15) is 28.9 Å². The van der Waals surface area contributed by atoms with E-state index in [0.717, 1.165) is 0 Å². The topological polar surface area (TPSA) is 66.5 Å². The molecule has 2 aromatic rings. The van der Waals surface area contributed by atoms with Crippen LogP contribution in [0.5, 0.6) is 0 Å². The number of thiophene rings is 1. The van der Waals surface area contributed by atoms with E-state index in [-0.39, 0.29) is 30.4 Å². The van der Waals surface area contributed by atoms with Crippen molar-refractivity contribution in [2.75, 3.05) is 11.4 Å². The number of hydrogen-bond acceptors (Lipinski definition) is 4. The molecular formula is C18H17ClN2O3S. The van der Waals surface area contributed by atoms with Crippen LogP contribution in [0.4, 0.5) is 5.69 Å². The number of ketones is 1. The predicted octanol–water partition coefficient (Wildman–Crippen LogP) is 3.29. The van der Waals surface area contributed by atoms with E-state index in [1.165, 1.54) is 11.3 Å². The predicted molar refractivity (Wildman–Crippen MR) is 98.2 cm³/mol. The fourth-order valence-corrected chi connectivity index (χ4v) is 3.71. The van der Waals surface area contributed by atoms with E-state index < -0.39 is 6.04 Å². The number of rotatable bonds is 6. The summed E-state index contributed by atoms with van der Waals surface area (Å²) in [6.45, 7) is 0.502. The first-order valence-electron chi connectivity index (χ1n) is 7.98. The van der Waals surface area contributed by atoms with Crippen molar-refractivity contribution in [2.24, 2.45) is 0 Å². The third-order valence-electron chi connectivity index (χ3n) is 4.06. The average molecular weight is 377 g/mol. The maximum atomic E-state index is 12.5. The fourth-order valence-electron chi connectivity index (χ4n) is 2.78. The van der Waals surface area contributed by atoms with Gasteiger partial charge in [-0.2, -0.15) is 0 Å². The van der Waals surface area contributed by atoms with Crippen LogP contribution < -0.4 is 10.2 Å². The normalized spacial score (nSPS) is 16.9. The lowest BCUT2D eigenvalue weighted by molar-refractivity contribution is -0.126. The highest BCUT2D eigenvalue weighted by Crippen LogP contribution is 2.29.